The van der Waals surface area contributed by atoms with E-state index in [2.05, 4.69) is 31.9 Å². The summed E-state index contributed by atoms with van der Waals surface area (Å²) >= 11 is 0. The monoisotopic (exact) mass is 1120 g/mol. The third-order valence-corrected chi connectivity index (χ3v) is 12.9. The van der Waals surface area contributed by atoms with Gasteiger partial charge in [0.05, 0.1) is 12.5 Å². The largest absolute Gasteiger partial charge is 0.481 e. The lowest BCUT2D eigenvalue weighted by atomic mass is 9.82. The van der Waals surface area contributed by atoms with Crippen LogP contribution in [0.3, 0.4) is 0 Å². The Labute approximate surface area is 458 Å². The van der Waals surface area contributed by atoms with Gasteiger partial charge in [0.2, 0.25) is 53.2 Å². The molecule has 3 heterocycles. The third-order valence-electron chi connectivity index (χ3n) is 12.9. The second-order valence-electron chi connectivity index (χ2n) is 20.3. The van der Waals surface area contributed by atoms with Gasteiger partial charge in [-0.15, -0.1) is 0 Å². The summed E-state index contributed by atoms with van der Waals surface area (Å²) in [5.41, 5.74) is 5.82. The standard InChI is InChI=1S/C53H66F2N10O15/c1-28(58-42(69)26-65-43(70)15-14-39-51(65)80-39)47(74)59-29(2)48(75)62-37(23-40(56)67)50(77)61-35(49(76)57-19-17-41(68)60-36(52(78)79)13-16-45(72)73)18-20-64(44(71)27-66)46(53(3,4)5)38-21-31(33-22-32(54)11-12-34(33)55)25-63(38)24-30-9-7-6-8-10-30/h6-12,14-15,21-22,25,28-29,35-37,39,46,51,66H,13,16-20,23-24,26-27H2,1-5H3,(H2,56,67)(H,57,76)(H,58,69)(H,59,74)(H,60,68)(H,61,77)(H,62,75)(H,72,73)(H,78,79)/t28-,29-,35-,36+,37-,39?,46?,51?/m0/s1. The fraction of sp³-hybridized carbons (Fsp3) is 0.453. The number of hydrogen-bond acceptors (Lipinski definition) is 13. The Kier molecular flexibility index (Phi) is 21.7. The topological polar surface area (TPSA) is 371 Å². The molecule has 3 aromatic rings. The molecule has 1 fully saturated rings. The van der Waals surface area contributed by atoms with Crippen molar-refractivity contribution in [2.24, 2.45) is 11.1 Å². The maximum atomic E-state index is 15.4. The average molecular weight is 1120 g/mol. The number of rotatable bonds is 29. The second kappa shape index (κ2) is 27.8. The van der Waals surface area contributed by atoms with Gasteiger partial charge in [0, 0.05) is 61.6 Å². The van der Waals surface area contributed by atoms with E-state index in [1.807, 2.05) is 12.1 Å². The van der Waals surface area contributed by atoms with Crippen molar-refractivity contribution in [1.29, 1.82) is 0 Å². The van der Waals surface area contributed by atoms with Crippen LogP contribution in [0.25, 0.3) is 11.1 Å². The number of nitrogens with one attached hydrogen (secondary N) is 6. The van der Waals surface area contributed by atoms with Crippen molar-refractivity contribution in [2.45, 2.75) is 122 Å². The first-order chi connectivity index (χ1) is 37.7. The van der Waals surface area contributed by atoms with Gasteiger partial charge in [-0.2, -0.15) is 0 Å². The second-order valence-corrected chi connectivity index (χ2v) is 20.3. The Morgan fingerprint density at radius 1 is 0.787 bits per heavy atom. The van der Waals surface area contributed by atoms with Gasteiger partial charge >= 0.3 is 11.9 Å². The molecule has 0 radical (unpaired) electrons. The average Bonchev–Trinajstić information content (AvgIpc) is 4.08. The molecule has 0 bridgehead atoms. The van der Waals surface area contributed by atoms with E-state index in [0.717, 1.165) is 23.8 Å². The summed E-state index contributed by atoms with van der Waals surface area (Å²) in [4.78, 5) is 145. The number of aliphatic carboxylic acids is 2. The smallest absolute Gasteiger partial charge is 0.326 e. The van der Waals surface area contributed by atoms with E-state index in [4.69, 9.17) is 15.6 Å². The summed E-state index contributed by atoms with van der Waals surface area (Å²) in [5, 5.41) is 43.2. The molecule has 2 aromatic carbocycles. The Balaban J connectivity index is 1.41. The van der Waals surface area contributed by atoms with Crippen LogP contribution in [0.4, 0.5) is 8.78 Å². The molecule has 432 valence electrons. The molecule has 80 heavy (non-hydrogen) atoms. The van der Waals surface area contributed by atoms with E-state index in [9.17, 15) is 67.3 Å². The molecule has 27 heteroatoms. The van der Waals surface area contributed by atoms with Crippen LogP contribution in [0.5, 0.6) is 0 Å². The number of epoxide rings is 1. The highest BCUT2D eigenvalue weighted by atomic mass is 19.1. The molecule has 0 saturated carbocycles. The summed E-state index contributed by atoms with van der Waals surface area (Å²) < 4.78 is 37.1. The maximum Gasteiger partial charge on any atom is 0.326 e. The van der Waals surface area contributed by atoms with Gasteiger partial charge in [0.15, 0.2) is 6.23 Å². The van der Waals surface area contributed by atoms with Crippen molar-refractivity contribution in [3.8, 4) is 11.1 Å². The molecule has 0 spiro atoms. The molecule has 2 aliphatic heterocycles. The number of carboxylic acids is 2. The minimum absolute atomic E-state index is 0.0984. The molecule has 9 amide bonds. The number of benzene rings is 2. The number of ether oxygens (including phenoxy) is 1. The van der Waals surface area contributed by atoms with Gasteiger partial charge in [0.1, 0.15) is 61.1 Å². The Morgan fingerprint density at radius 3 is 2.09 bits per heavy atom. The fourth-order valence-electron chi connectivity index (χ4n) is 8.82. The molecular formula is C53H66F2N10O15. The number of aromatic nitrogens is 1. The summed E-state index contributed by atoms with van der Waals surface area (Å²) in [6.45, 7) is 5.51. The van der Waals surface area contributed by atoms with Crippen LogP contribution < -0.4 is 37.6 Å². The number of primary amides is 1. The lowest BCUT2D eigenvalue weighted by molar-refractivity contribution is -0.143. The van der Waals surface area contributed by atoms with Crippen molar-refractivity contribution in [3.05, 3.63) is 95.8 Å². The number of halogens is 2. The van der Waals surface area contributed by atoms with Crippen molar-refractivity contribution in [3.63, 3.8) is 0 Å². The van der Waals surface area contributed by atoms with E-state index in [-0.39, 0.29) is 23.8 Å². The predicted octanol–water partition coefficient (Wildman–Crippen LogP) is -0.302. The number of aliphatic hydroxyl groups excluding tert-OH is 1. The van der Waals surface area contributed by atoms with Crippen LogP contribution in [0, 0.1) is 17.0 Å². The van der Waals surface area contributed by atoms with Crippen LogP contribution in [0.15, 0.2) is 72.9 Å². The van der Waals surface area contributed by atoms with Crippen LogP contribution in [0.2, 0.25) is 0 Å². The fourth-order valence-corrected chi connectivity index (χ4v) is 8.82. The highest BCUT2D eigenvalue weighted by Gasteiger charge is 2.47. The number of fused-ring (bicyclic) bond motifs is 1. The Hall–Kier alpha value is -8.59. The molecule has 5 rings (SSSR count). The number of hydrogen-bond donors (Lipinski definition) is 10. The normalized spacial score (nSPS) is 16.8. The molecule has 1 aromatic heterocycles. The summed E-state index contributed by atoms with van der Waals surface area (Å²) in [6, 6.07) is 4.64. The van der Waals surface area contributed by atoms with Gasteiger partial charge in [0.25, 0.3) is 0 Å². The molecule has 3 unspecified atom stereocenters. The molecular weight excluding hydrogens is 1050 g/mol. The Morgan fingerprint density at radius 2 is 1.45 bits per heavy atom. The summed E-state index contributed by atoms with van der Waals surface area (Å²) in [5.74, 6) is -12.5. The quantitative estimate of drug-likeness (QED) is 0.0399. The minimum atomic E-state index is -1.83. The summed E-state index contributed by atoms with van der Waals surface area (Å²) in [6.07, 6.45) is 0.461. The highest BCUT2D eigenvalue weighted by molar-refractivity contribution is 5.98. The number of aliphatic hydroxyl groups is 1. The van der Waals surface area contributed by atoms with Crippen molar-refractivity contribution in [2.75, 3.05) is 26.2 Å². The zero-order chi connectivity index (χ0) is 59.2. The van der Waals surface area contributed by atoms with Crippen molar-refractivity contribution in [1.82, 2.24) is 46.3 Å². The SMILES string of the molecule is C[C@H](NC(=O)CN1C(=O)C=CC2OC21)C(=O)N[C@@H](C)C(=O)N[C@@H](CC(N)=O)C(=O)N[C@@H](CCN(C(=O)CO)C(c1cc(-c2cc(F)ccc2F)cn1Cc1ccccc1)C(C)(C)C)C(=O)NCCC(=O)N[C@H](CCC(=O)O)C(=O)O. The van der Waals surface area contributed by atoms with Crippen molar-refractivity contribution < 1.29 is 81.6 Å². The number of nitrogens with two attached hydrogens (primary N) is 1. The zero-order valence-electron chi connectivity index (χ0n) is 44.5. The maximum absolute atomic E-state index is 15.4. The Bertz CT molecular complexity index is 2860. The number of carbonyl (C=O) groups is 11. The number of carbonyl (C=O) groups excluding carboxylic acids is 9. The van der Waals surface area contributed by atoms with Crippen LogP contribution >= 0.6 is 0 Å². The van der Waals surface area contributed by atoms with Gasteiger partial charge < -0.3 is 72.1 Å². The lowest BCUT2D eigenvalue weighted by Gasteiger charge is -2.41. The van der Waals surface area contributed by atoms with E-state index < -0.39 is 183 Å². The van der Waals surface area contributed by atoms with Gasteiger partial charge in [-0.1, -0.05) is 51.1 Å². The van der Waals surface area contributed by atoms with Gasteiger partial charge in [-0.05, 0) is 68.0 Å². The molecule has 25 nitrogen and oxygen atoms in total. The molecule has 1 saturated heterocycles. The van der Waals surface area contributed by atoms with Crippen molar-refractivity contribution >= 4 is 65.1 Å². The third kappa shape index (κ3) is 17.7. The first-order valence-corrected chi connectivity index (χ1v) is 25.4. The predicted molar refractivity (Wildman–Crippen MR) is 277 cm³/mol. The first-order valence-electron chi connectivity index (χ1n) is 25.4. The molecule has 11 N–H and O–H groups in total. The van der Waals surface area contributed by atoms with E-state index in [1.165, 1.54) is 29.7 Å². The minimum Gasteiger partial charge on any atom is -0.481 e. The zero-order valence-corrected chi connectivity index (χ0v) is 44.5. The first kappa shape index (κ1) is 62.3. The lowest BCUT2D eigenvalue weighted by Crippen LogP contribution is -2.58. The molecule has 2 aliphatic rings. The number of amides is 9. The molecule has 8 atom stereocenters. The molecule has 0 aliphatic carbocycles. The number of carboxylic acid groups (broad SMARTS) is 2. The summed E-state index contributed by atoms with van der Waals surface area (Å²) in [7, 11) is 0. The van der Waals surface area contributed by atoms with E-state index in [0.29, 0.717) is 5.69 Å². The van der Waals surface area contributed by atoms with E-state index >= 15 is 4.39 Å². The van der Waals surface area contributed by atoms with E-state index in [1.54, 1.807) is 61.9 Å². The van der Waals surface area contributed by atoms with Crippen LogP contribution in [-0.2, 0) is 64.0 Å². The highest BCUT2D eigenvalue weighted by Crippen LogP contribution is 2.41. The van der Waals surface area contributed by atoms with Crippen LogP contribution in [0.1, 0.15) is 84.0 Å². The van der Waals surface area contributed by atoms with Crippen LogP contribution in [-0.4, -0.2) is 164 Å². The number of nitrogens with zero attached hydrogens (tertiary/aromatic N) is 3. The van der Waals surface area contributed by atoms with Gasteiger partial charge in [-0.3, -0.25) is 47.9 Å². The van der Waals surface area contributed by atoms with Gasteiger partial charge in [-0.25, -0.2) is 13.6 Å².